The summed E-state index contributed by atoms with van der Waals surface area (Å²) in [5, 5.41) is 0. The van der Waals surface area contributed by atoms with Crippen LogP contribution in [0.4, 0.5) is 5.69 Å². The Kier molecular flexibility index (Phi) is 4.85. The van der Waals surface area contributed by atoms with E-state index in [1.165, 1.54) is 38.5 Å². The fourth-order valence-corrected chi connectivity index (χ4v) is 2.75. The largest absolute Gasteiger partial charge is 0.465 e. The molecule has 0 spiro atoms. The molecule has 7 heteroatoms. The van der Waals surface area contributed by atoms with Gasteiger partial charge < -0.3 is 9.47 Å². The van der Waals surface area contributed by atoms with Gasteiger partial charge in [0, 0.05) is 6.08 Å². The molecule has 2 aromatic carbocycles. The summed E-state index contributed by atoms with van der Waals surface area (Å²) in [6.07, 6.45) is 1.22. The molecule has 7 nitrogen and oxygen atoms in total. The van der Waals surface area contributed by atoms with Crippen LogP contribution in [0.1, 0.15) is 26.3 Å². The zero-order chi connectivity index (χ0) is 19.6. The number of rotatable bonds is 4. The van der Waals surface area contributed by atoms with Crippen LogP contribution in [0, 0.1) is 0 Å². The van der Waals surface area contributed by atoms with Gasteiger partial charge in [-0.15, -0.1) is 0 Å². The van der Waals surface area contributed by atoms with E-state index in [0.29, 0.717) is 5.56 Å². The average molecular weight is 365 g/mol. The van der Waals surface area contributed by atoms with Crippen LogP contribution in [-0.2, 0) is 19.1 Å². The lowest BCUT2D eigenvalue weighted by atomic mass is 10.1. The van der Waals surface area contributed by atoms with E-state index < -0.39 is 23.8 Å². The van der Waals surface area contributed by atoms with Gasteiger partial charge in [-0.05, 0) is 23.8 Å². The Balaban J connectivity index is 2.06. The monoisotopic (exact) mass is 365 g/mol. The maximum atomic E-state index is 12.8. The highest BCUT2D eigenvalue weighted by Crippen LogP contribution is 2.30. The molecule has 0 fully saturated rings. The SMILES string of the molecule is COC(=O)c1cc(C(=O)OC)cc(N2C(=O)C=C(c3ccccc3)C2=O)c1. The number of esters is 2. The van der Waals surface area contributed by atoms with Crippen molar-refractivity contribution in [1.82, 2.24) is 0 Å². The third kappa shape index (κ3) is 3.35. The molecule has 0 atom stereocenters. The summed E-state index contributed by atoms with van der Waals surface area (Å²) in [4.78, 5) is 50.0. The van der Waals surface area contributed by atoms with E-state index in [1.54, 1.807) is 30.3 Å². The highest BCUT2D eigenvalue weighted by Gasteiger charge is 2.34. The van der Waals surface area contributed by atoms with Gasteiger partial charge in [0.1, 0.15) is 0 Å². The fraction of sp³-hybridized carbons (Fsp3) is 0.100. The number of benzene rings is 2. The van der Waals surface area contributed by atoms with Gasteiger partial charge in [0.25, 0.3) is 11.8 Å². The molecule has 3 rings (SSSR count). The maximum absolute atomic E-state index is 12.8. The minimum absolute atomic E-state index is 0.0177. The van der Waals surface area contributed by atoms with Gasteiger partial charge in [-0.25, -0.2) is 14.5 Å². The molecule has 1 aliphatic rings. The lowest BCUT2D eigenvalue weighted by molar-refractivity contribution is -0.119. The number of imide groups is 1. The molecule has 1 aliphatic heterocycles. The zero-order valence-corrected chi connectivity index (χ0v) is 14.6. The zero-order valence-electron chi connectivity index (χ0n) is 14.6. The first-order valence-electron chi connectivity index (χ1n) is 7.93. The van der Waals surface area contributed by atoms with Crippen LogP contribution in [0.3, 0.4) is 0 Å². The van der Waals surface area contributed by atoms with E-state index in [2.05, 4.69) is 9.47 Å². The smallest absolute Gasteiger partial charge is 0.337 e. The predicted molar refractivity (Wildman–Crippen MR) is 96.0 cm³/mol. The van der Waals surface area contributed by atoms with Crippen molar-refractivity contribution in [3.05, 3.63) is 71.3 Å². The molecule has 2 amide bonds. The third-order valence-corrected chi connectivity index (χ3v) is 4.02. The molecule has 0 N–H and O–H groups in total. The highest BCUT2D eigenvalue weighted by molar-refractivity contribution is 6.43. The first kappa shape index (κ1) is 18.1. The van der Waals surface area contributed by atoms with E-state index in [-0.39, 0.29) is 22.4 Å². The second kappa shape index (κ2) is 7.25. The fourth-order valence-electron chi connectivity index (χ4n) is 2.75. The Labute approximate surface area is 154 Å². The second-order valence-corrected chi connectivity index (χ2v) is 5.65. The number of carbonyl (C=O) groups excluding carboxylic acids is 4. The van der Waals surface area contributed by atoms with Gasteiger partial charge >= 0.3 is 11.9 Å². The first-order chi connectivity index (χ1) is 13.0. The lowest BCUT2D eigenvalue weighted by Crippen LogP contribution is -2.31. The van der Waals surface area contributed by atoms with E-state index >= 15 is 0 Å². The van der Waals surface area contributed by atoms with Gasteiger partial charge in [-0.3, -0.25) is 9.59 Å². The first-order valence-corrected chi connectivity index (χ1v) is 7.93. The second-order valence-electron chi connectivity index (χ2n) is 5.65. The van der Waals surface area contributed by atoms with E-state index in [4.69, 9.17) is 0 Å². The van der Waals surface area contributed by atoms with Crippen molar-refractivity contribution < 1.29 is 28.7 Å². The van der Waals surface area contributed by atoms with E-state index in [9.17, 15) is 19.2 Å². The minimum atomic E-state index is -0.711. The molecule has 27 heavy (non-hydrogen) atoms. The maximum Gasteiger partial charge on any atom is 0.337 e. The summed E-state index contributed by atoms with van der Waals surface area (Å²) in [5.41, 5.74) is 0.933. The van der Waals surface area contributed by atoms with E-state index in [1.807, 2.05) is 0 Å². The van der Waals surface area contributed by atoms with Crippen LogP contribution < -0.4 is 4.90 Å². The van der Waals surface area contributed by atoms with Crippen molar-refractivity contribution in [2.24, 2.45) is 0 Å². The van der Waals surface area contributed by atoms with Crippen LogP contribution in [0.15, 0.2) is 54.6 Å². The summed E-state index contributed by atoms with van der Waals surface area (Å²) in [6.45, 7) is 0. The van der Waals surface area contributed by atoms with Crippen molar-refractivity contribution in [3.8, 4) is 0 Å². The van der Waals surface area contributed by atoms with Crippen LogP contribution >= 0.6 is 0 Å². The van der Waals surface area contributed by atoms with Gasteiger partial charge in [0.2, 0.25) is 0 Å². The molecular formula is C20H15NO6. The van der Waals surface area contributed by atoms with Crippen LogP contribution in [0.5, 0.6) is 0 Å². The quantitative estimate of drug-likeness (QED) is 0.610. The lowest BCUT2D eigenvalue weighted by Gasteiger charge is -2.17. The highest BCUT2D eigenvalue weighted by atomic mass is 16.5. The number of methoxy groups -OCH3 is 2. The standard InChI is InChI=1S/C20H15NO6/c1-26-19(24)13-8-14(20(25)27-2)10-15(9-13)21-17(22)11-16(18(21)23)12-6-4-3-5-7-12/h3-11H,1-2H3. The number of hydrogen-bond donors (Lipinski definition) is 0. The normalized spacial score (nSPS) is 13.4. The number of nitrogens with zero attached hydrogens (tertiary/aromatic N) is 1. The summed E-state index contributed by atoms with van der Waals surface area (Å²) in [7, 11) is 2.38. The molecule has 0 aromatic heterocycles. The predicted octanol–water partition coefficient (Wildman–Crippen LogP) is 2.22. The van der Waals surface area contributed by atoms with Crippen molar-refractivity contribution in [1.29, 1.82) is 0 Å². The van der Waals surface area contributed by atoms with Gasteiger partial charge in [0.05, 0.1) is 36.6 Å². The van der Waals surface area contributed by atoms with Gasteiger partial charge in [-0.2, -0.15) is 0 Å². The molecule has 0 radical (unpaired) electrons. The summed E-state index contributed by atoms with van der Waals surface area (Å²) >= 11 is 0. The Morgan fingerprint density at radius 1 is 0.852 bits per heavy atom. The van der Waals surface area contributed by atoms with Crippen LogP contribution in [-0.4, -0.2) is 38.0 Å². The Hall–Kier alpha value is -3.74. The molecule has 0 unspecified atom stereocenters. The van der Waals surface area contributed by atoms with Gasteiger partial charge in [0.15, 0.2) is 0 Å². The molecule has 0 saturated carbocycles. The van der Waals surface area contributed by atoms with Crippen LogP contribution in [0.25, 0.3) is 5.57 Å². The topological polar surface area (TPSA) is 90.0 Å². The number of amides is 2. The summed E-state index contributed by atoms with van der Waals surface area (Å²) in [5.74, 6) is -2.55. The Morgan fingerprint density at radius 3 is 1.93 bits per heavy atom. The number of ether oxygens (including phenoxy) is 2. The Morgan fingerprint density at radius 2 is 1.41 bits per heavy atom. The van der Waals surface area contributed by atoms with Crippen molar-refractivity contribution in [3.63, 3.8) is 0 Å². The molecule has 0 saturated heterocycles. The molecule has 1 heterocycles. The minimum Gasteiger partial charge on any atom is -0.465 e. The van der Waals surface area contributed by atoms with Crippen molar-refractivity contribution >= 4 is 35.0 Å². The molecular weight excluding hydrogens is 350 g/mol. The molecule has 136 valence electrons. The van der Waals surface area contributed by atoms with Crippen LogP contribution in [0.2, 0.25) is 0 Å². The third-order valence-electron chi connectivity index (χ3n) is 4.02. The number of carbonyl (C=O) groups is 4. The number of anilines is 1. The van der Waals surface area contributed by atoms with Crippen molar-refractivity contribution in [2.45, 2.75) is 0 Å². The van der Waals surface area contributed by atoms with Crippen molar-refractivity contribution in [2.75, 3.05) is 19.1 Å². The Bertz CT molecular complexity index is 943. The summed E-state index contributed by atoms with van der Waals surface area (Å²) in [6, 6.07) is 12.6. The average Bonchev–Trinajstić information content (AvgIpc) is 3.01. The molecule has 2 aromatic rings. The molecule has 0 aliphatic carbocycles. The molecule has 0 bridgehead atoms. The number of hydrogen-bond acceptors (Lipinski definition) is 6. The van der Waals surface area contributed by atoms with E-state index in [0.717, 1.165) is 4.90 Å². The summed E-state index contributed by atoms with van der Waals surface area (Å²) < 4.78 is 9.35. The van der Waals surface area contributed by atoms with Gasteiger partial charge in [-0.1, -0.05) is 30.3 Å².